The van der Waals surface area contributed by atoms with Crippen LogP contribution in [0.15, 0.2) is 12.2 Å². The van der Waals surface area contributed by atoms with Gasteiger partial charge in [-0.3, -0.25) is 9.59 Å². The number of aliphatic carboxylic acids is 1. The van der Waals surface area contributed by atoms with E-state index in [4.69, 9.17) is 14.2 Å². The molecule has 0 bridgehead atoms. The van der Waals surface area contributed by atoms with Crippen molar-refractivity contribution in [3.05, 3.63) is 12.2 Å². The molecule has 0 saturated carbocycles. The predicted molar refractivity (Wildman–Crippen MR) is 289 cm³/mol. The molecule has 402 valence electrons. The van der Waals surface area contributed by atoms with Crippen LogP contribution in [-0.4, -0.2) is 80.6 Å². The maximum absolute atomic E-state index is 12.8. The van der Waals surface area contributed by atoms with E-state index in [1.807, 2.05) is 21.1 Å². The minimum absolute atomic E-state index is 0.0463. The molecule has 2 unspecified atom stereocenters. The largest absolute Gasteiger partial charge is 0.477 e. The van der Waals surface area contributed by atoms with E-state index in [9.17, 15) is 19.5 Å². The van der Waals surface area contributed by atoms with Gasteiger partial charge in [-0.15, -0.1) is 0 Å². The van der Waals surface area contributed by atoms with Crippen LogP contribution in [0.4, 0.5) is 0 Å². The summed E-state index contributed by atoms with van der Waals surface area (Å²) in [5.74, 6) is -1.44. The van der Waals surface area contributed by atoms with E-state index >= 15 is 0 Å². The second-order valence-corrected chi connectivity index (χ2v) is 21.6. The summed E-state index contributed by atoms with van der Waals surface area (Å²) in [6, 6.07) is -0.612. The molecule has 0 radical (unpaired) electrons. The lowest BCUT2D eigenvalue weighted by Crippen LogP contribution is -2.50. The highest BCUT2D eigenvalue weighted by molar-refractivity contribution is 5.72. The van der Waals surface area contributed by atoms with Gasteiger partial charge < -0.3 is 23.8 Å². The number of esters is 2. The highest BCUT2D eigenvalue weighted by Gasteiger charge is 2.31. The molecule has 0 heterocycles. The van der Waals surface area contributed by atoms with Gasteiger partial charge in [-0.05, 0) is 38.5 Å². The van der Waals surface area contributed by atoms with Gasteiger partial charge in [-0.2, -0.15) is 0 Å². The molecule has 0 saturated heterocycles. The number of carboxylic acid groups (broad SMARTS) is 1. The number of nitrogens with zero attached hydrogens (tertiary/aromatic N) is 1. The van der Waals surface area contributed by atoms with E-state index < -0.39 is 18.1 Å². The molecule has 1 N–H and O–H groups in total. The fourth-order valence-electron chi connectivity index (χ4n) is 9.33. The molecule has 0 amide bonds. The molecule has 0 aliphatic heterocycles. The zero-order valence-electron chi connectivity index (χ0n) is 46.1. The van der Waals surface area contributed by atoms with Gasteiger partial charge in [0.25, 0.3) is 0 Å². The summed E-state index contributed by atoms with van der Waals surface area (Å²) in [4.78, 5) is 37.3. The first-order valence-corrected chi connectivity index (χ1v) is 29.7. The summed E-state index contributed by atoms with van der Waals surface area (Å²) in [5.41, 5.74) is 0. The molecule has 0 aliphatic rings. The Morgan fingerprint density at radius 3 is 1.06 bits per heavy atom. The Kier molecular flexibility index (Phi) is 50.0. The van der Waals surface area contributed by atoms with E-state index in [-0.39, 0.29) is 36.2 Å². The van der Waals surface area contributed by atoms with Crippen molar-refractivity contribution in [1.29, 1.82) is 0 Å². The lowest BCUT2D eigenvalue weighted by atomic mass is 10.0. The number of quaternary nitrogens is 1. The number of ether oxygens (including phenoxy) is 3. The molecular weight excluding hydrogens is 847 g/mol. The van der Waals surface area contributed by atoms with Crippen LogP contribution in [-0.2, 0) is 28.6 Å². The molecule has 0 aromatic rings. The van der Waals surface area contributed by atoms with Crippen molar-refractivity contribution in [2.45, 2.75) is 315 Å². The molecule has 0 aromatic carbocycles. The number of hydrogen-bond donors (Lipinski definition) is 1. The Balaban J connectivity index is 4.11. The molecule has 0 fully saturated rings. The number of carboxylic acids is 1. The van der Waals surface area contributed by atoms with Gasteiger partial charge in [0.1, 0.15) is 6.61 Å². The monoisotopic (exact) mass is 963 g/mol. The molecular formula is C60H116NO7+. The lowest BCUT2D eigenvalue weighted by Gasteiger charge is -2.31. The third-order valence-electron chi connectivity index (χ3n) is 13.9. The smallest absolute Gasteiger partial charge is 0.362 e. The molecule has 0 spiro atoms. The summed E-state index contributed by atoms with van der Waals surface area (Å²) in [5, 5.41) is 9.68. The zero-order chi connectivity index (χ0) is 49.9. The van der Waals surface area contributed by atoms with Gasteiger partial charge >= 0.3 is 17.9 Å². The highest BCUT2D eigenvalue weighted by Crippen LogP contribution is 2.18. The van der Waals surface area contributed by atoms with E-state index in [1.54, 1.807) is 0 Å². The zero-order valence-corrected chi connectivity index (χ0v) is 46.1. The van der Waals surface area contributed by atoms with E-state index in [0.717, 1.165) is 38.5 Å². The second-order valence-electron chi connectivity index (χ2n) is 21.6. The van der Waals surface area contributed by atoms with Crippen LogP contribution in [0, 0.1) is 0 Å². The third kappa shape index (κ3) is 49.1. The van der Waals surface area contributed by atoms with Crippen LogP contribution < -0.4 is 0 Å². The molecule has 8 nitrogen and oxygen atoms in total. The summed E-state index contributed by atoms with van der Waals surface area (Å²) in [7, 11) is 5.56. The van der Waals surface area contributed by atoms with Crippen LogP contribution >= 0.6 is 0 Å². The quantitative estimate of drug-likeness (QED) is 0.0280. The maximum Gasteiger partial charge on any atom is 0.362 e. The Bertz CT molecular complexity index is 1120. The topological polar surface area (TPSA) is 99.1 Å². The number of allylic oxidation sites excluding steroid dienone is 2. The molecule has 0 rings (SSSR count). The third-order valence-corrected chi connectivity index (χ3v) is 13.9. The number of carbonyl (C=O) groups excluding carboxylic acids is 2. The molecule has 0 aromatic heterocycles. The highest BCUT2D eigenvalue weighted by atomic mass is 16.6. The van der Waals surface area contributed by atoms with Crippen LogP contribution in [0.3, 0.4) is 0 Å². The Morgan fingerprint density at radius 2 is 0.735 bits per heavy atom. The number of unbranched alkanes of at least 4 members (excludes halogenated alkanes) is 39. The van der Waals surface area contributed by atoms with E-state index in [2.05, 4.69) is 26.0 Å². The maximum atomic E-state index is 12.8. The van der Waals surface area contributed by atoms with Gasteiger partial charge in [0.05, 0.1) is 34.4 Å². The SMILES string of the molecule is CCCCCCCCCCCCCC/C=C/CCCCCCCCCC(=O)OCC(COCCC(C(=O)O)[N+](C)(C)C)OC(=O)CCCCCCCCCCCCCCCCCCCCCCC. The van der Waals surface area contributed by atoms with Gasteiger partial charge in [-0.1, -0.05) is 257 Å². The fraction of sp³-hybridized carbons (Fsp3) is 0.917. The van der Waals surface area contributed by atoms with Crippen LogP contribution in [0.1, 0.15) is 303 Å². The molecule has 2 atom stereocenters. The van der Waals surface area contributed by atoms with Crippen molar-refractivity contribution in [2.75, 3.05) is 41.0 Å². The number of hydrogen-bond acceptors (Lipinski definition) is 6. The molecule has 68 heavy (non-hydrogen) atoms. The van der Waals surface area contributed by atoms with Crippen molar-refractivity contribution in [1.82, 2.24) is 0 Å². The number of carbonyl (C=O) groups is 3. The first kappa shape index (κ1) is 66.1. The molecule has 8 heteroatoms. The van der Waals surface area contributed by atoms with Crippen molar-refractivity contribution in [3.8, 4) is 0 Å². The Hall–Kier alpha value is -1.93. The number of rotatable bonds is 55. The normalized spacial score (nSPS) is 12.8. The van der Waals surface area contributed by atoms with E-state index in [0.29, 0.717) is 19.3 Å². The number of likely N-dealkylation sites (N-methyl/N-ethyl adjacent to an activating group) is 1. The van der Waals surface area contributed by atoms with Gasteiger partial charge in [0.15, 0.2) is 12.1 Å². The standard InChI is InChI=1S/C60H115NO7/c1-6-8-10-12-14-16-18-20-22-24-26-28-29-31-32-34-36-38-40-42-44-46-48-50-58(62)67-55-56(54-66-53-52-57(60(64)65)61(3,4)5)68-59(63)51-49-47-45-43-41-39-37-35-33-30-27-25-23-21-19-17-15-13-11-9-7-2/h31-32,56-57H,6-30,33-55H2,1-5H3/p+1/b32-31+. The summed E-state index contributed by atoms with van der Waals surface area (Å²) < 4.78 is 17.4. The minimum Gasteiger partial charge on any atom is -0.477 e. The van der Waals surface area contributed by atoms with Gasteiger partial charge in [0, 0.05) is 19.3 Å². The second kappa shape index (κ2) is 51.4. The van der Waals surface area contributed by atoms with Crippen molar-refractivity contribution in [3.63, 3.8) is 0 Å². The molecule has 0 aliphatic carbocycles. The first-order valence-electron chi connectivity index (χ1n) is 29.7. The average molecular weight is 964 g/mol. The van der Waals surface area contributed by atoms with Crippen molar-refractivity contribution >= 4 is 17.9 Å². The van der Waals surface area contributed by atoms with Crippen LogP contribution in [0.2, 0.25) is 0 Å². The van der Waals surface area contributed by atoms with E-state index in [1.165, 1.54) is 231 Å². The predicted octanol–water partition coefficient (Wildman–Crippen LogP) is 17.8. The van der Waals surface area contributed by atoms with Crippen LogP contribution in [0.5, 0.6) is 0 Å². The van der Waals surface area contributed by atoms with Crippen molar-refractivity contribution in [2.24, 2.45) is 0 Å². The Labute approximate surface area is 422 Å². The fourth-order valence-corrected chi connectivity index (χ4v) is 9.33. The summed E-state index contributed by atoms with van der Waals surface area (Å²) in [6.45, 7) is 4.81. The lowest BCUT2D eigenvalue weighted by molar-refractivity contribution is -0.887. The van der Waals surface area contributed by atoms with Gasteiger partial charge in [-0.25, -0.2) is 4.79 Å². The van der Waals surface area contributed by atoms with Gasteiger partial charge in [0.2, 0.25) is 0 Å². The summed E-state index contributed by atoms with van der Waals surface area (Å²) >= 11 is 0. The minimum atomic E-state index is -0.869. The summed E-state index contributed by atoms with van der Waals surface area (Å²) in [6.07, 6.45) is 59.9. The average Bonchev–Trinajstić information content (AvgIpc) is 3.30. The van der Waals surface area contributed by atoms with Crippen LogP contribution in [0.25, 0.3) is 0 Å². The first-order chi connectivity index (χ1) is 33.1. The Morgan fingerprint density at radius 1 is 0.426 bits per heavy atom. The van der Waals surface area contributed by atoms with Crippen molar-refractivity contribution < 1.29 is 38.2 Å².